The van der Waals surface area contributed by atoms with Gasteiger partial charge in [-0.3, -0.25) is 4.79 Å². The average Bonchev–Trinajstić information content (AvgIpc) is 3.00. The van der Waals surface area contributed by atoms with Gasteiger partial charge in [0.05, 0.1) is 17.1 Å². The smallest absolute Gasteiger partial charge is 0.251 e. The maximum atomic E-state index is 12.9. The second kappa shape index (κ2) is 7.29. The van der Waals surface area contributed by atoms with Gasteiger partial charge < -0.3 is 10.1 Å². The van der Waals surface area contributed by atoms with Gasteiger partial charge in [-0.05, 0) is 57.9 Å². The number of ether oxygens (including phenoxy) is 1. The molecule has 1 saturated carbocycles. The van der Waals surface area contributed by atoms with E-state index in [0.717, 1.165) is 25.7 Å². The van der Waals surface area contributed by atoms with Crippen molar-refractivity contribution in [2.75, 3.05) is 13.1 Å². The maximum Gasteiger partial charge on any atom is 0.251 e. The zero-order valence-corrected chi connectivity index (χ0v) is 16.5. The summed E-state index contributed by atoms with van der Waals surface area (Å²) in [6.45, 7) is 6.49. The molecule has 1 saturated heterocycles. The highest BCUT2D eigenvalue weighted by molar-refractivity contribution is 7.89. The van der Waals surface area contributed by atoms with Crippen molar-refractivity contribution in [3.05, 3.63) is 29.8 Å². The van der Waals surface area contributed by atoms with Crippen molar-refractivity contribution < 1.29 is 17.9 Å². The number of carbonyl (C=O) groups is 1. The number of nitrogens with one attached hydrogen (secondary N) is 1. The second-order valence-corrected chi connectivity index (χ2v) is 9.76. The van der Waals surface area contributed by atoms with E-state index in [4.69, 9.17) is 4.74 Å². The Hall–Kier alpha value is -1.44. The van der Waals surface area contributed by atoms with Crippen LogP contribution in [0, 0.1) is 0 Å². The van der Waals surface area contributed by atoms with Crippen molar-refractivity contribution >= 4 is 15.9 Å². The predicted molar refractivity (Wildman–Crippen MR) is 99.5 cm³/mol. The molecule has 0 bridgehead atoms. The number of sulfonamides is 1. The zero-order valence-electron chi connectivity index (χ0n) is 15.7. The van der Waals surface area contributed by atoms with Gasteiger partial charge in [0.15, 0.2) is 0 Å². The lowest BCUT2D eigenvalue weighted by Crippen LogP contribution is -2.48. The van der Waals surface area contributed by atoms with Crippen LogP contribution in [0.5, 0.6) is 0 Å². The molecule has 0 aromatic heterocycles. The molecule has 3 rings (SSSR count). The average molecular weight is 381 g/mol. The van der Waals surface area contributed by atoms with Crippen LogP contribution in [0.25, 0.3) is 0 Å². The first-order valence-electron chi connectivity index (χ1n) is 9.28. The highest BCUT2D eigenvalue weighted by atomic mass is 32.2. The third-order valence-corrected chi connectivity index (χ3v) is 7.11. The maximum absolute atomic E-state index is 12.9. The minimum absolute atomic E-state index is 0.134. The Morgan fingerprint density at radius 1 is 1.12 bits per heavy atom. The molecule has 1 amide bonds. The highest BCUT2D eigenvalue weighted by Crippen LogP contribution is 2.29. The topological polar surface area (TPSA) is 75.7 Å². The fourth-order valence-corrected chi connectivity index (χ4v) is 5.47. The standard InChI is InChI=1S/C19H28N2O4S/c1-14-12-21(13-15(2)25-14)26(23,24)17-8-6-16(7-9-17)18(22)20-19(3)10-4-5-11-19/h6-9,14-15H,4-5,10-13H2,1-3H3,(H,20,22). The van der Waals surface area contributed by atoms with Gasteiger partial charge in [-0.25, -0.2) is 8.42 Å². The van der Waals surface area contributed by atoms with Gasteiger partial charge in [-0.2, -0.15) is 4.31 Å². The van der Waals surface area contributed by atoms with E-state index in [0.29, 0.717) is 18.7 Å². The van der Waals surface area contributed by atoms with E-state index < -0.39 is 10.0 Å². The quantitative estimate of drug-likeness (QED) is 0.871. The number of nitrogens with zero attached hydrogens (tertiary/aromatic N) is 1. The lowest BCUT2D eigenvalue weighted by atomic mass is 10.00. The van der Waals surface area contributed by atoms with Gasteiger partial charge in [0.2, 0.25) is 10.0 Å². The number of benzene rings is 1. The minimum Gasteiger partial charge on any atom is -0.373 e. The molecule has 1 aromatic rings. The van der Waals surface area contributed by atoms with Crippen molar-refractivity contribution in [2.24, 2.45) is 0 Å². The van der Waals surface area contributed by atoms with E-state index >= 15 is 0 Å². The van der Waals surface area contributed by atoms with E-state index in [2.05, 4.69) is 12.2 Å². The normalized spacial score (nSPS) is 26.6. The number of morpholine rings is 1. The molecule has 1 aromatic carbocycles. The Morgan fingerprint density at radius 2 is 1.65 bits per heavy atom. The highest BCUT2D eigenvalue weighted by Gasteiger charge is 2.33. The summed E-state index contributed by atoms with van der Waals surface area (Å²) in [6, 6.07) is 6.22. The molecule has 144 valence electrons. The largest absolute Gasteiger partial charge is 0.373 e. The van der Waals surface area contributed by atoms with Gasteiger partial charge in [0.25, 0.3) is 5.91 Å². The lowest BCUT2D eigenvalue weighted by molar-refractivity contribution is -0.0440. The fraction of sp³-hybridized carbons (Fsp3) is 0.632. The number of rotatable bonds is 4. The van der Waals surface area contributed by atoms with Crippen LogP contribution in [0.15, 0.2) is 29.2 Å². The number of hydrogen-bond donors (Lipinski definition) is 1. The Bertz CT molecular complexity index is 744. The van der Waals surface area contributed by atoms with E-state index in [9.17, 15) is 13.2 Å². The van der Waals surface area contributed by atoms with Gasteiger partial charge >= 0.3 is 0 Å². The Labute approximate surface area is 156 Å². The van der Waals surface area contributed by atoms with Gasteiger partial charge in [-0.15, -0.1) is 0 Å². The summed E-state index contributed by atoms with van der Waals surface area (Å²) in [5.74, 6) is -0.146. The van der Waals surface area contributed by atoms with Crippen LogP contribution >= 0.6 is 0 Å². The monoisotopic (exact) mass is 380 g/mol. The van der Waals surface area contributed by atoms with E-state index in [-0.39, 0.29) is 28.5 Å². The Morgan fingerprint density at radius 3 is 2.19 bits per heavy atom. The second-order valence-electron chi connectivity index (χ2n) is 7.83. The molecule has 2 unspecified atom stereocenters. The summed E-state index contributed by atoms with van der Waals surface area (Å²) in [4.78, 5) is 12.7. The summed E-state index contributed by atoms with van der Waals surface area (Å²) in [6.07, 6.45) is 3.96. The Kier molecular flexibility index (Phi) is 5.42. The molecular formula is C19H28N2O4S. The molecule has 7 heteroatoms. The first-order chi connectivity index (χ1) is 12.2. The number of hydrogen-bond acceptors (Lipinski definition) is 4. The lowest BCUT2D eigenvalue weighted by Gasteiger charge is -2.34. The summed E-state index contributed by atoms with van der Waals surface area (Å²) in [5, 5.41) is 3.09. The summed E-state index contributed by atoms with van der Waals surface area (Å²) >= 11 is 0. The van der Waals surface area contributed by atoms with Crippen LogP contribution in [0.4, 0.5) is 0 Å². The van der Waals surface area contributed by atoms with Crippen LogP contribution in [0.2, 0.25) is 0 Å². The molecule has 2 aliphatic rings. The SMILES string of the molecule is CC1CN(S(=O)(=O)c2ccc(C(=O)NC3(C)CCCC3)cc2)CC(C)O1. The van der Waals surface area contributed by atoms with Crippen molar-refractivity contribution in [3.8, 4) is 0 Å². The van der Waals surface area contributed by atoms with E-state index in [1.807, 2.05) is 13.8 Å². The molecule has 2 atom stereocenters. The Balaban J connectivity index is 1.73. The van der Waals surface area contributed by atoms with Crippen molar-refractivity contribution in [2.45, 2.75) is 69.1 Å². The first-order valence-corrected chi connectivity index (χ1v) is 10.7. The number of carbonyl (C=O) groups excluding carboxylic acids is 1. The van der Waals surface area contributed by atoms with Crippen LogP contribution in [0.3, 0.4) is 0 Å². The summed E-state index contributed by atoms with van der Waals surface area (Å²) in [5.41, 5.74) is 0.336. The number of amides is 1. The van der Waals surface area contributed by atoms with Gasteiger partial charge in [0.1, 0.15) is 0 Å². The van der Waals surface area contributed by atoms with Crippen molar-refractivity contribution in [3.63, 3.8) is 0 Å². The van der Waals surface area contributed by atoms with Crippen LogP contribution in [-0.4, -0.2) is 49.5 Å². The predicted octanol–water partition coefficient (Wildman–Crippen LogP) is 2.55. The molecule has 26 heavy (non-hydrogen) atoms. The van der Waals surface area contributed by atoms with Gasteiger partial charge in [-0.1, -0.05) is 12.8 Å². The van der Waals surface area contributed by atoms with Crippen molar-refractivity contribution in [1.29, 1.82) is 0 Å². The van der Waals surface area contributed by atoms with E-state index in [1.165, 1.54) is 16.4 Å². The summed E-state index contributed by atoms with van der Waals surface area (Å²) < 4.78 is 32.8. The molecule has 1 N–H and O–H groups in total. The third kappa shape index (κ3) is 4.10. The van der Waals surface area contributed by atoms with Crippen LogP contribution in [-0.2, 0) is 14.8 Å². The summed E-state index contributed by atoms with van der Waals surface area (Å²) in [7, 11) is -3.58. The molecular weight excluding hydrogens is 352 g/mol. The first kappa shape index (κ1) is 19.3. The third-order valence-electron chi connectivity index (χ3n) is 5.26. The van der Waals surface area contributed by atoms with E-state index in [1.54, 1.807) is 12.1 Å². The minimum atomic E-state index is -3.58. The molecule has 2 fully saturated rings. The van der Waals surface area contributed by atoms with Gasteiger partial charge in [0, 0.05) is 24.2 Å². The zero-order chi connectivity index (χ0) is 18.9. The molecule has 1 aliphatic carbocycles. The molecule has 1 heterocycles. The van der Waals surface area contributed by atoms with Crippen molar-refractivity contribution in [1.82, 2.24) is 9.62 Å². The molecule has 1 aliphatic heterocycles. The molecule has 0 radical (unpaired) electrons. The van der Waals surface area contributed by atoms with Crippen LogP contribution in [0.1, 0.15) is 56.8 Å². The molecule has 6 nitrogen and oxygen atoms in total. The fourth-order valence-electron chi connectivity index (χ4n) is 3.88. The van der Waals surface area contributed by atoms with Crippen LogP contribution < -0.4 is 5.32 Å². The molecule has 0 spiro atoms.